The Morgan fingerprint density at radius 2 is 1.95 bits per heavy atom. The maximum Gasteiger partial charge on any atom is 0.242 e. The number of carbonyl (C=O) groups is 1. The molecule has 1 aromatic carbocycles. The van der Waals surface area contributed by atoms with E-state index in [0.29, 0.717) is 17.1 Å². The average molecular weight is 312 g/mol. The van der Waals surface area contributed by atoms with Crippen LogP contribution in [0.5, 0.6) is 11.5 Å². The number of ether oxygens (including phenoxy) is 2. The number of halogens is 1. The van der Waals surface area contributed by atoms with Crippen molar-refractivity contribution in [3.05, 3.63) is 23.8 Å². The lowest BCUT2D eigenvalue weighted by atomic mass is 9.95. The van der Waals surface area contributed by atoms with Crippen LogP contribution in [0.4, 0.5) is 0 Å². The van der Waals surface area contributed by atoms with Crippen molar-refractivity contribution >= 4 is 17.5 Å². The molecule has 1 aliphatic rings. The van der Waals surface area contributed by atoms with Gasteiger partial charge in [0, 0.05) is 11.6 Å². The van der Waals surface area contributed by atoms with E-state index in [-0.39, 0.29) is 11.9 Å². The van der Waals surface area contributed by atoms with Crippen molar-refractivity contribution in [2.45, 2.75) is 43.5 Å². The molecule has 0 heterocycles. The van der Waals surface area contributed by atoms with E-state index in [1.165, 1.54) is 19.3 Å². The molecule has 1 unspecified atom stereocenters. The van der Waals surface area contributed by atoms with Gasteiger partial charge in [-0.1, -0.05) is 19.3 Å². The molecule has 1 fully saturated rings. The van der Waals surface area contributed by atoms with Gasteiger partial charge < -0.3 is 14.8 Å². The number of methoxy groups -OCH3 is 2. The summed E-state index contributed by atoms with van der Waals surface area (Å²) in [5.41, 5.74) is 0.631. The molecule has 116 valence electrons. The van der Waals surface area contributed by atoms with Crippen LogP contribution in [0.15, 0.2) is 18.2 Å². The fourth-order valence-electron chi connectivity index (χ4n) is 2.70. The standard InChI is InChI=1S/C16H22ClNO3/c1-20-12-8-9-14(21-2)13(10-12)15(17)16(19)18-11-6-4-3-5-7-11/h8-11,15H,3-7H2,1-2H3,(H,18,19). The minimum Gasteiger partial charge on any atom is -0.497 e. The van der Waals surface area contributed by atoms with Crippen molar-refractivity contribution in [2.24, 2.45) is 0 Å². The molecule has 1 atom stereocenters. The highest BCUT2D eigenvalue weighted by Crippen LogP contribution is 2.33. The zero-order valence-electron chi connectivity index (χ0n) is 12.5. The number of nitrogens with one attached hydrogen (secondary N) is 1. The van der Waals surface area contributed by atoms with Gasteiger partial charge in [-0.3, -0.25) is 4.79 Å². The van der Waals surface area contributed by atoms with Crippen molar-refractivity contribution < 1.29 is 14.3 Å². The maximum absolute atomic E-state index is 12.3. The van der Waals surface area contributed by atoms with Crippen LogP contribution in [0, 0.1) is 0 Å². The topological polar surface area (TPSA) is 47.6 Å². The second-order valence-corrected chi connectivity index (χ2v) is 5.75. The maximum atomic E-state index is 12.3. The van der Waals surface area contributed by atoms with Gasteiger partial charge in [0.25, 0.3) is 0 Å². The summed E-state index contributed by atoms with van der Waals surface area (Å²) >= 11 is 6.34. The highest BCUT2D eigenvalue weighted by Gasteiger charge is 2.25. The quantitative estimate of drug-likeness (QED) is 0.847. The van der Waals surface area contributed by atoms with Gasteiger partial charge in [-0.2, -0.15) is 0 Å². The van der Waals surface area contributed by atoms with Gasteiger partial charge in [0.05, 0.1) is 14.2 Å². The molecule has 1 N–H and O–H groups in total. The van der Waals surface area contributed by atoms with Gasteiger partial charge in [-0.05, 0) is 31.0 Å². The van der Waals surface area contributed by atoms with Gasteiger partial charge in [0.2, 0.25) is 5.91 Å². The fraction of sp³-hybridized carbons (Fsp3) is 0.562. The van der Waals surface area contributed by atoms with Gasteiger partial charge >= 0.3 is 0 Å². The van der Waals surface area contributed by atoms with Gasteiger partial charge in [0.1, 0.15) is 16.9 Å². The molecule has 5 heteroatoms. The summed E-state index contributed by atoms with van der Waals surface area (Å²) in [5, 5.41) is 2.26. The first kappa shape index (κ1) is 16.0. The van der Waals surface area contributed by atoms with E-state index in [0.717, 1.165) is 12.8 Å². The third-order valence-corrected chi connectivity index (χ3v) is 4.32. The van der Waals surface area contributed by atoms with E-state index in [4.69, 9.17) is 21.1 Å². The van der Waals surface area contributed by atoms with Gasteiger partial charge in [-0.15, -0.1) is 11.6 Å². The largest absolute Gasteiger partial charge is 0.497 e. The van der Waals surface area contributed by atoms with Crippen molar-refractivity contribution in [3.8, 4) is 11.5 Å². The highest BCUT2D eigenvalue weighted by atomic mass is 35.5. The third kappa shape index (κ3) is 4.03. The normalized spacial score (nSPS) is 17.1. The van der Waals surface area contributed by atoms with Crippen molar-refractivity contribution in [1.82, 2.24) is 5.32 Å². The van der Waals surface area contributed by atoms with E-state index in [9.17, 15) is 4.79 Å². The summed E-state index contributed by atoms with van der Waals surface area (Å²) in [7, 11) is 3.14. The molecule has 0 bridgehead atoms. The fourth-order valence-corrected chi connectivity index (χ4v) is 2.93. The van der Waals surface area contributed by atoms with E-state index < -0.39 is 5.38 Å². The Morgan fingerprint density at radius 3 is 2.57 bits per heavy atom. The lowest BCUT2D eigenvalue weighted by Gasteiger charge is -2.24. The molecule has 1 saturated carbocycles. The summed E-state index contributed by atoms with van der Waals surface area (Å²) in [6, 6.07) is 5.53. The second kappa shape index (κ2) is 7.55. The number of rotatable bonds is 5. The van der Waals surface area contributed by atoms with Crippen LogP contribution in [-0.2, 0) is 4.79 Å². The molecule has 4 nitrogen and oxygen atoms in total. The van der Waals surface area contributed by atoms with Crippen molar-refractivity contribution in [2.75, 3.05) is 14.2 Å². The molecule has 1 aromatic rings. The SMILES string of the molecule is COc1ccc(OC)c(C(Cl)C(=O)NC2CCCCC2)c1. The number of hydrogen-bond donors (Lipinski definition) is 1. The smallest absolute Gasteiger partial charge is 0.242 e. The van der Waals surface area contributed by atoms with Crippen molar-refractivity contribution in [3.63, 3.8) is 0 Å². The third-order valence-electron chi connectivity index (χ3n) is 3.89. The molecule has 0 aliphatic heterocycles. The molecule has 1 aliphatic carbocycles. The summed E-state index contributed by atoms with van der Waals surface area (Å²) in [6.07, 6.45) is 5.65. The Morgan fingerprint density at radius 1 is 1.24 bits per heavy atom. The highest BCUT2D eigenvalue weighted by molar-refractivity contribution is 6.31. The van der Waals surface area contributed by atoms with Gasteiger partial charge in [0.15, 0.2) is 0 Å². The van der Waals surface area contributed by atoms with E-state index >= 15 is 0 Å². The number of benzene rings is 1. The van der Waals surface area contributed by atoms with Crippen LogP contribution in [0.2, 0.25) is 0 Å². The predicted octanol–water partition coefficient (Wildman–Crippen LogP) is 3.43. The Kier molecular flexibility index (Phi) is 5.74. The minimum atomic E-state index is -0.781. The Balaban J connectivity index is 2.10. The molecule has 0 aromatic heterocycles. The summed E-state index contributed by atoms with van der Waals surface area (Å²) < 4.78 is 10.5. The molecule has 0 spiro atoms. The van der Waals surface area contributed by atoms with Crippen LogP contribution in [-0.4, -0.2) is 26.2 Å². The van der Waals surface area contributed by atoms with Gasteiger partial charge in [-0.25, -0.2) is 0 Å². The molecule has 1 amide bonds. The minimum absolute atomic E-state index is 0.171. The van der Waals surface area contributed by atoms with Crippen LogP contribution < -0.4 is 14.8 Å². The second-order valence-electron chi connectivity index (χ2n) is 5.31. The number of amides is 1. The van der Waals surface area contributed by atoms with Crippen LogP contribution >= 0.6 is 11.6 Å². The lowest BCUT2D eigenvalue weighted by molar-refractivity contribution is -0.121. The first-order valence-corrected chi connectivity index (χ1v) is 7.75. The van der Waals surface area contributed by atoms with E-state index in [2.05, 4.69) is 5.32 Å². The first-order valence-electron chi connectivity index (χ1n) is 7.32. The molecule has 2 rings (SSSR count). The monoisotopic (exact) mass is 311 g/mol. The Hall–Kier alpha value is -1.42. The number of hydrogen-bond acceptors (Lipinski definition) is 3. The number of carbonyl (C=O) groups excluding carboxylic acids is 1. The summed E-state index contributed by atoms with van der Waals surface area (Å²) in [4.78, 5) is 12.3. The zero-order chi connectivity index (χ0) is 15.2. The first-order chi connectivity index (χ1) is 10.2. The summed E-state index contributed by atoms with van der Waals surface area (Å²) in [6.45, 7) is 0. The molecular weight excluding hydrogens is 290 g/mol. The predicted molar refractivity (Wildman–Crippen MR) is 83.2 cm³/mol. The lowest BCUT2D eigenvalue weighted by Crippen LogP contribution is -2.38. The van der Waals surface area contributed by atoms with Crippen LogP contribution in [0.25, 0.3) is 0 Å². The molecule has 21 heavy (non-hydrogen) atoms. The van der Waals surface area contributed by atoms with E-state index in [1.807, 2.05) is 0 Å². The number of alkyl halides is 1. The molecule has 0 radical (unpaired) electrons. The zero-order valence-corrected chi connectivity index (χ0v) is 13.3. The Labute approximate surface area is 130 Å². The molecule has 0 saturated heterocycles. The summed E-state index contributed by atoms with van der Waals surface area (Å²) in [5.74, 6) is 1.08. The van der Waals surface area contributed by atoms with Crippen molar-refractivity contribution in [1.29, 1.82) is 0 Å². The van der Waals surface area contributed by atoms with Crippen LogP contribution in [0.3, 0.4) is 0 Å². The van der Waals surface area contributed by atoms with E-state index in [1.54, 1.807) is 32.4 Å². The average Bonchev–Trinajstić information content (AvgIpc) is 2.54. The van der Waals surface area contributed by atoms with Crippen LogP contribution in [0.1, 0.15) is 43.0 Å². The Bertz CT molecular complexity index is 486. The molecular formula is C16H22ClNO3.